The fraction of sp³-hybridized carbons (Fsp3) is 0.200. The van der Waals surface area contributed by atoms with E-state index >= 15 is 0 Å². The summed E-state index contributed by atoms with van der Waals surface area (Å²) in [4.78, 5) is 0. The highest BCUT2D eigenvalue weighted by atomic mass is 35.5. The lowest BCUT2D eigenvalue weighted by atomic mass is 10.3. The van der Waals surface area contributed by atoms with Gasteiger partial charge in [0.25, 0.3) is 0 Å². The van der Waals surface area contributed by atoms with Crippen LogP contribution in [0.2, 0.25) is 0 Å². The molecular weight excluding hydrogens is 280 g/mol. The summed E-state index contributed by atoms with van der Waals surface area (Å²) in [6, 6.07) is 9.26. The number of hydrogen-bond donors (Lipinski definition) is 2. The average Bonchev–Trinajstić information content (AvgIpc) is 2.71. The quantitative estimate of drug-likeness (QED) is 0.898. The maximum Gasteiger partial charge on any atom is 0.250 e. The molecule has 1 aromatic carbocycles. The molecule has 3 N–H and O–H groups in total. The second-order valence-corrected chi connectivity index (χ2v) is 6.37. The van der Waals surface area contributed by atoms with Crippen LogP contribution in [-0.4, -0.2) is 21.5 Å². The Morgan fingerprint density at radius 3 is 2.65 bits per heavy atom. The van der Waals surface area contributed by atoms with Gasteiger partial charge >= 0.3 is 0 Å². The number of benzene rings is 1. The zero-order valence-corrected chi connectivity index (χ0v) is 11.4. The summed E-state index contributed by atoms with van der Waals surface area (Å²) in [5, 5.41) is 0.945. The van der Waals surface area contributed by atoms with Crippen molar-refractivity contribution in [2.24, 2.45) is 5.73 Å². The van der Waals surface area contributed by atoms with E-state index in [-0.39, 0.29) is 19.0 Å². The molecule has 7 heteroatoms. The van der Waals surface area contributed by atoms with Crippen molar-refractivity contribution < 1.29 is 8.42 Å². The van der Waals surface area contributed by atoms with E-state index in [1.54, 1.807) is 6.07 Å². The number of fused-ring (bicyclic) bond motifs is 1. The Morgan fingerprint density at radius 2 is 2.00 bits per heavy atom. The first-order valence-corrected chi connectivity index (χ1v) is 7.12. The van der Waals surface area contributed by atoms with Gasteiger partial charge in [-0.1, -0.05) is 18.2 Å². The molecule has 1 heterocycles. The van der Waals surface area contributed by atoms with Crippen LogP contribution >= 0.6 is 23.7 Å². The van der Waals surface area contributed by atoms with Gasteiger partial charge in [-0.2, -0.15) is 0 Å². The predicted octanol–water partition coefficient (Wildman–Crippen LogP) is 1.56. The molecule has 0 radical (unpaired) electrons. The van der Waals surface area contributed by atoms with E-state index in [4.69, 9.17) is 5.73 Å². The maximum absolute atomic E-state index is 11.8. The summed E-state index contributed by atoms with van der Waals surface area (Å²) < 4.78 is 27.4. The first-order valence-electron chi connectivity index (χ1n) is 4.82. The van der Waals surface area contributed by atoms with Crippen molar-refractivity contribution >= 4 is 43.9 Å². The highest BCUT2D eigenvalue weighted by Gasteiger charge is 2.16. The van der Waals surface area contributed by atoms with E-state index in [9.17, 15) is 8.42 Å². The van der Waals surface area contributed by atoms with Gasteiger partial charge in [0.15, 0.2) is 0 Å². The topological polar surface area (TPSA) is 72.2 Å². The van der Waals surface area contributed by atoms with Crippen LogP contribution in [0.3, 0.4) is 0 Å². The lowest BCUT2D eigenvalue weighted by Crippen LogP contribution is -2.28. The zero-order valence-electron chi connectivity index (χ0n) is 8.92. The molecule has 4 nitrogen and oxygen atoms in total. The summed E-state index contributed by atoms with van der Waals surface area (Å²) in [5.41, 5.74) is 5.27. The van der Waals surface area contributed by atoms with Gasteiger partial charge in [-0.15, -0.1) is 23.7 Å². The van der Waals surface area contributed by atoms with Crippen molar-refractivity contribution in [3.8, 4) is 0 Å². The third-order valence-electron chi connectivity index (χ3n) is 2.10. The van der Waals surface area contributed by atoms with Crippen molar-refractivity contribution in [1.29, 1.82) is 0 Å². The van der Waals surface area contributed by atoms with E-state index < -0.39 is 10.0 Å². The lowest BCUT2D eigenvalue weighted by molar-refractivity contribution is 0.584. The summed E-state index contributed by atoms with van der Waals surface area (Å²) >= 11 is 1.26. The molecule has 0 atom stereocenters. The van der Waals surface area contributed by atoms with Gasteiger partial charge in [-0.25, -0.2) is 13.1 Å². The highest BCUT2D eigenvalue weighted by molar-refractivity contribution is 7.91. The predicted molar refractivity (Wildman–Crippen MR) is 73.3 cm³/mol. The van der Waals surface area contributed by atoms with Gasteiger partial charge in [0.2, 0.25) is 10.0 Å². The Kier molecular flexibility index (Phi) is 4.91. The van der Waals surface area contributed by atoms with Crippen LogP contribution in [-0.2, 0) is 10.0 Å². The zero-order chi connectivity index (χ0) is 11.6. The Hall–Kier alpha value is -0.660. The van der Waals surface area contributed by atoms with E-state index in [0.29, 0.717) is 10.8 Å². The minimum Gasteiger partial charge on any atom is -0.329 e. The SMILES string of the molecule is Cl.NCCNS(=O)(=O)c1cc2ccccc2s1. The fourth-order valence-electron chi connectivity index (χ4n) is 1.35. The summed E-state index contributed by atoms with van der Waals surface area (Å²) in [6.07, 6.45) is 0. The molecule has 0 aliphatic rings. The molecule has 2 aromatic rings. The summed E-state index contributed by atoms with van der Waals surface area (Å²) in [5.74, 6) is 0. The molecule has 17 heavy (non-hydrogen) atoms. The summed E-state index contributed by atoms with van der Waals surface area (Å²) in [7, 11) is -3.40. The number of nitrogens with two attached hydrogens (primary N) is 1. The molecule has 2 rings (SSSR count). The number of sulfonamides is 1. The standard InChI is InChI=1S/C10H12N2O2S2.ClH/c11-5-6-12-16(13,14)10-7-8-3-1-2-4-9(8)15-10;/h1-4,7,12H,5-6,11H2;1H. The van der Waals surface area contributed by atoms with Gasteiger partial charge in [-0.3, -0.25) is 0 Å². The summed E-state index contributed by atoms with van der Waals surface area (Å²) in [6.45, 7) is 0.556. The van der Waals surface area contributed by atoms with Gasteiger partial charge in [-0.05, 0) is 17.5 Å². The van der Waals surface area contributed by atoms with E-state index in [2.05, 4.69) is 4.72 Å². The Morgan fingerprint density at radius 1 is 1.29 bits per heavy atom. The molecule has 0 saturated heterocycles. The van der Waals surface area contributed by atoms with Gasteiger partial charge in [0, 0.05) is 17.8 Å². The Bertz CT molecular complexity index is 562. The maximum atomic E-state index is 11.8. The van der Waals surface area contributed by atoms with Crippen LogP contribution in [0.15, 0.2) is 34.5 Å². The largest absolute Gasteiger partial charge is 0.329 e. The minimum atomic E-state index is -3.40. The Labute approximate surface area is 110 Å². The van der Waals surface area contributed by atoms with Gasteiger partial charge in [0.1, 0.15) is 4.21 Å². The first-order chi connectivity index (χ1) is 7.63. The fourth-order valence-corrected chi connectivity index (χ4v) is 3.84. The van der Waals surface area contributed by atoms with Gasteiger partial charge < -0.3 is 5.73 Å². The Balaban J connectivity index is 0.00000144. The molecule has 0 spiro atoms. The van der Waals surface area contributed by atoms with E-state index in [1.165, 1.54) is 11.3 Å². The average molecular weight is 293 g/mol. The first kappa shape index (κ1) is 14.4. The monoisotopic (exact) mass is 292 g/mol. The molecular formula is C10H13ClN2O2S2. The smallest absolute Gasteiger partial charge is 0.250 e. The van der Waals surface area contributed by atoms with Crippen LogP contribution in [0.1, 0.15) is 0 Å². The van der Waals surface area contributed by atoms with E-state index in [0.717, 1.165) is 10.1 Å². The second kappa shape index (κ2) is 5.79. The number of thiophene rings is 1. The van der Waals surface area contributed by atoms with Crippen LogP contribution < -0.4 is 10.5 Å². The molecule has 0 bridgehead atoms. The van der Waals surface area contributed by atoms with Crippen molar-refractivity contribution in [2.75, 3.05) is 13.1 Å². The molecule has 1 aromatic heterocycles. The molecule has 0 amide bonds. The molecule has 0 unspecified atom stereocenters. The van der Waals surface area contributed by atoms with Crippen LogP contribution in [0.4, 0.5) is 0 Å². The number of nitrogens with one attached hydrogen (secondary N) is 1. The third kappa shape index (κ3) is 3.17. The molecule has 94 valence electrons. The normalized spacial score (nSPS) is 11.4. The second-order valence-electron chi connectivity index (χ2n) is 3.29. The minimum absolute atomic E-state index is 0. The lowest BCUT2D eigenvalue weighted by Gasteiger charge is -2.01. The van der Waals surface area contributed by atoms with Crippen molar-refractivity contribution in [2.45, 2.75) is 4.21 Å². The van der Waals surface area contributed by atoms with Crippen LogP contribution in [0, 0.1) is 0 Å². The van der Waals surface area contributed by atoms with Crippen LogP contribution in [0.25, 0.3) is 10.1 Å². The van der Waals surface area contributed by atoms with Crippen molar-refractivity contribution in [1.82, 2.24) is 4.72 Å². The molecule has 0 fully saturated rings. The molecule has 0 aliphatic carbocycles. The van der Waals surface area contributed by atoms with Crippen molar-refractivity contribution in [3.05, 3.63) is 30.3 Å². The van der Waals surface area contributed by atoms with Crippen molar-refractivity contribution in [3.63, 3.8) is 0 Å². The molecule has 0 aliphatic heterocycles. The van der Waals surface area contributed by atoms with E-state index in [1.807, 2.05) is 24.3 Å². The highest BCUT2D eigenvalue weighted by Crippen LogP contribution is 2.28. The number of halogens is 1. The number of hydrogen-bond acceptors (Lipinski definition) is 4. The molecule has 0 saturated carbocycles. The van der Waals surface area contributed by atoms with Gasteiger partial charge in [0.05, 0.1) is 0 Å². The van der Waals surface area contributed by atoms with Crippen LogP contribution in [0.5, 0.6) is 0 Å². The third-order valence-corrected chi connectivity index (χ3v) is 5.15. The number of rotatable bonds is 4.